The van der Waals surface area contributed by atoms with Crippen molar-refractivity contribution < 1.29 is 19.4 Å². The lowest BCUT2D eigenvalue weighted by atomic mass is 10.1. The molecule has 5 heteroatoms. The van der Waals surface area contributed by atoms with E-state index in [1.54, 1.807) is 4.90 Å². The molecule has 0 bridgehead atoms. The van der Waals surface area contributed by atoms with Crippen molar-refractivity contribution in [3.63, 3.8) is 0 Å². The van der Waals surface area contributed by atoms with Gasteiger partial charge in [0.05, 0.1) is 6.61 Å². The zero-order valence-electron chi connectivity index (χ0n) is 12.2. The predicted octanol–water partition coefficient (Wildman–Crippen LogP) is 0.964. The molecule has 0 aliphatic carbocycles. The van der Waals surface area contributed by atoms with Crippen molar-refractivity contribution in [2.45, 2.75) is 32.7 Å². The molecule has 2 rings (SSSR count). The lowest BCUT2D eigenvalue weighted by Gasteiger charge is -2.17. The molecule has 1 saturated heterocycles. The first kappa shape index (κ1) is 15.4. The molecule has 114 valence electrons. The number of rotatable bonds is 7. The summed E-state index contributed by atoms with van der Waals surface area (Å²) in [5, 5.41) is 10.8. The van der Waals surface area contributed by atoms with E-state index < -0.39 is 11.9 Å². The topological polar surface area (TPSA) is 69.7 Å². The first-order chi connectivity index (χ1) is 10.1. The number of ether oxygens (including phenoxy) is 1. The Morgan fingerprint density at radius 1 is 1.38 bits per heavy atom. The smallest absolute Gasteiger partial charge is 0.223 e. The molecule has 0 radical (unpaired) electrons. The fourth-order valence-corrected chi connectivity index (χ4v) is 2.33. The molecule has 1 aromatic rings. The van der Waals surface area contributed by atoms with Crippen LogP contribution in [0.5, 0.6) is 5.75 Å². The number of hydrogen-bond donors (Lipinski definition) is 0. The number of carbonyl (C=O) groups is 2. The van der Waals surface area contributed by atoms with E-state index in [2.05, 4.69) is 6.92 Å². The molecular weight excluding hydrogens is 270 g/mol. The third-order valence-electron chi connectivity index (χ3n) is 3.61. The molecule has 1 heterocycles. The van der Waals surface area contributed by atoms with Crippen LogP contribution in [0, 0.1) is 5.92 Å². The van der Waals surface area contributed by atoms with Crippen LogP contribution in [0.3, 0.4) is 0 Å². The van der Waals surface area contributed by atoms with Gasteiger partial charge in [0.15, 0.2) is 0 Å². The molecular formula is C16H20NO4-. The Kier molecular flexibility index (Phi) is 5.20. The monoisotopic (exact) mass is 290 g/mol. The van der Waals surface area contributed by atoms with Crippen LogP contribution in [0.25, 0.3) is 0 Å². The van der Waals surface area contributed by atoms with E-state index in [9.17, 15) is 14.7 Å². The van der Waals surface area contributed by atoms with Gasteiger partial charge in [-0.05, 0) is 24.1 Å². The molecule has 0 unspecified atom stereocenters. The summed E-state index contributed by atoms with van der Waals surface area (Å²) in [5.41, 5.74) is 0.963. The van der Waals surface area contributed by atoms with Gasteiger partial charge in [0, 0.05) is 31.4 Å². The molecule has 1 fully saturated rings. The zero-order chi connectivity index (χ0) is 15.2. The summed E-state index contributed by atoms with van der Waals surface area (Å²) in [7, 11) is 0. The van der Waals surface area contributed by atoms with E-state index >= 15 is 0 Å². The molecule has 1 aliphatic heterocycles. The van der Waals surface area contributed by atoms with Crippen LogP contribution in [0.1, 0.15) is 31.7 Å². The number of carboxylic acid groups (broad SMARTS) is 1. The van der Waals surface area contributed by atoms with Gasteiger partial charge < -0.3 is 19.5 Å². The van der Waals surface area contributed by atoms with Crippen LogP contribution >= 0.6 is 0 Å². The first-order valence-corrected chi connectivity index (χ1v) is 7.30. The molecule has 1 atom stereocenters. The number of unbranched alkanes of at least 4 members (excludes halogenated alkanes) is 1. The molecule has 0 saturated carbocycles. The van der Waals surface area contributed by atoms with Gasteiger partial charge in [-0.1, -0.05) is 25.5 Å². The summed E-state index contributed by atoms with van der Waals surface area (Å²) in [6.45, 7) is 3.47. The number of nitrogens with zero attached hydrogens (tertiary/aromatic N) is 1. The minimum atomic E-state index is -1.15. The van der Waals surface area contributed by atoms with Gasteiger partial charge in [0.25, 0.3) is 0 Å². The average Bonchev–Trinajstić information content (AvgIpc) is 2.83. The summed E-state index contributed by atoms with van der Waals surface area (Å²) >= 11 is 0. The second kappa shape index (κ2) is 7.11. The van der Waals surface area contributed by atoms with Gasteiger partial charge in [-0.15, -0.1) is 0 Å². The largest absolute Gasteiger partial charge is 0.550 e. The van der Waals surface area contributed by atoms with Gasteiger partial charge in [0.1, 0.15) is 5.75 Å². The van der Waals surface area contributed by atoms with Crippen LogP contribution in [0.15, 0.2) is 24.3 Å². The Bertz CT molecular complexity index is 498. The highest BCUT2D eigenvalue weighted by atomic mass is 16.5. The third-order valence-corrected chi connectivity index (χ3v) is 3.61. The van der Waals surface area contributed by atoms with E-state index in [-0.39, 0.29) is 18.9 Å². The Balaban J connectivity index is 1.88. The van der Waals surface area contributed by atoms with E-state index in [1.165, 1.54) is 0 Å². The standard InChI is InChI=1S/C16H21NO4/c1-2-3-8-21-14-6-4-12(5-7-14)10-17-11-13(16(19)20)9-15(17)18/h4-7,13H,2-3,8-11H2,1H3,(H,19,20)/p-1/t13-/m1/s1. The quantitative estimate of drug-likeness (QED) is 0.701. The van der Waals surface area contributed by atoms with Crippen LogP contribution < -0.4 is 9.84 Å². The van der Waals surface area contributed by atoms with Crippen LogP contribution in [-0.2, 0) is 16.1 Å². The van der Waals surface area contributed by atoms with Crippen molar-refractivity contribution in [3.8, 4) is 5.75 Å². The Labute approximate surface area is 124 Å². The molecule has 0 spiro atoms. The van der Waals surface area contributed by atoms with Crippen LogP contribution in [0.4, 0.5) is 0 Å². The minimum Gasteiger partial charge on any atom is -0.550 e. The van der Waals surface area contributed by atoms with Gasteiger partial charge in [-0.2, -0.15) is 0 Å². The van der Waals surface area contributed by atoms with Gasteiger partial charge in [-0.25, -0.2) is 0 Å². The van der Waals surface area contributed by atoms with E-state index in [0.717, 1.165) is 24.2 Å². The van der Waals surface area contributed by atoms with Crippen molar-refractivity contribution in [1.82, 2.24) is 4.90 Å². The van der Waals surface area contributed by atoms with Crippen molar-refractivity contribution in [1.29, 1.82) is 0 Å². The number of carboxylic acids is 1. The molecule has 1 aliphatic rings. The number of benzene rings is 1. The summed E-state index contributed by atoms with van der Waals surface area (Å²) < 4.78 is 5.57. The Morgan fingerprint density at radius 2 is 2.10 bits per heavy atom. The van der Waals surface area contributed by atoms with E-state index in [1.807, 2.05) is 24.3 Å². The highest BCUT2D eigenvalue weighted by Crippen LogP contribution is 2.21. The predicted molar refractivity (Wildman–Crippen MR) is 75.4 cm³/mol. The maximum Gasteiger partial charge on any atom is 0.223 e. The molecule has 0 N–H and O–H groups in total. The number of hydrogen-bond acceptors (Lipinski definition) is 4. The molecule has 1 amide bonds. The Hall–Kier alpha value is -2.04. The highest BCUT2D eigenvalue weighted by Gasteiger charge is 2.30. The summed E-state index contributed by atoms with van der Waals surface area (Å²) in [4.78, 5) is 24.1. The van der Waals surface area contributed by atoms with Gasteiger partial charge >= 0.3 is 0 Å². The molecule has 5 nitrogen and oxygen atoms in total. The third kappa shape index (κ3) is 4.21. The summed E-state index contributed by atoms with van der Waals surface area (Å²) in [6, 6.07) is 7.56. The van der Waals surface area contributed by atoms with Crippen molar-refractivity contribution in [2.24, 2.45) is 5.92 Å². The highest BCUT2D eigenvalue weighted by molar-refractivity contribution is 5.85. The van der Waals surface area contributed by atoms with E-state index in [4.69, 9.17) is 4.74 Å². The zero-order valence-corrected chi connectivity index (χ0v) is 12.2. The molecule has 21 heavy (non-hydrogen) atoms. The fourth-order valence-electron chi connectivity index (χ4n) is 2.33. The van der Waals surface area contributed by atoms with Crippen molar-refractivity contribution >= 4 is 11.9 Å². The maximum absolute atomic E-state index is 11.7. The normalized spacial score (nSPS) is 18.0. The average molecular weight is 290 g/mol. The lowest BCUT2D eigenvalue weighted by Crippen LogP contribution is -2.33. The SMILES string of the molecule is CCCCOc1ccc(CN2C[C@H](C(=O)[O-])CC2=O)cc1. The van der Waals surface area contributed by atoms with Crippen LogP contribution in [-0.4, -0.2) is 29.9 Å². The lowest BCUT2D eigenvalue weighted by molar-refractivity contribution is -0.311. The van der Waals surface area contributed by atoms with Crippen molar-refractivity contribution in [2.75, 3.05) is 13.2 Å². The fraction of sp³-hybridized carbons (Fsp3) is 0.500. The number of amides is 1. The second-order valence-electron chi connectivity index (χ2n) is 5.34. The number of aliphatic carboxylic acids is 1. The van der Waals surface area contributed by atoms with Gasteiger partial charge in [-0.3, -0.25) is 4.79 Å². The number of likely N-dealkylation sites (tertiary alicyclic amines) is 1. The van der Waals surface area contributed by atoms with Crippen molar-refractivity contribution in [3.05, 3.63) is 29.8 Å². The number of carbonyl (C=O) groups excluding carboxylic acids is 2. The molecule has 1 aromatic carbocycles. The Morgan fingerprint density at radius 3 is 2.67 bits per heavy atom. The maximum atomic E-state index is 11.7. The summed E-state index contributed by atoms with van der Waals surface area (Å²) in [6.07, 6.45) is 2.16. The minimum absolute atomic E-state index is 0.0422. The van der Waals surface area contributed by atoms with E-state index in [0.29, 0.717) is 13.2 Å². The first-order valence-electron chi connectivity index (χ1n) is 7.30. The van der Waals surface area contributed by atoms with Gasteiger partial charge in [0.2, 0.25) is 5.91 Å². The second-order valence-corrected chi connectivity index (χ2v) is 5.34. The molecule has 0 aromatic heterocycles. The summed E-state index contributed by atoms with van der Waals surface area (Å²) in [5.74, 6) is -1.15. The van der Waals surface area contributed by atoms with Crippen LogP contribution in [0.2, 0.25) is 0 Å².